The summed E-state index contributed by atoms with van der Waals surface area (Å²) in [6.45, 7) is 5.95. The summed E-state index contributed by atoms with van der Waals surface area (Å²) < 4.78 is 0. The van der Waals surface area contributed by atoms with Gasteiger partial charge < -0.3 is 5.11 Å². The van der Waals surface area contributed by atoms with Crippen LogP contribution in [0.1, 0.15) is 22.6 Å². The minimum absolute atomic E-state index is 0.125. The zero-order chi connectivity index (χ0) is 12.4. The van der Waals surface area contributed by atoms with E-state index in [1.807, 2.05) is 19.1 Å². The fourth-order valence-corrected chi connectivity index (χ4v) is 1.75. The largest absolute Gasteiger partial charge is 0.388 e. The molecular formula is C14H16N2O. The fourth-order valence-electron chi connectivity index (χ4n) is 1.75. The average Bonchev–Trinajstić information content (AvgIpc) is 2.32. The van der Waals surface area contributed by atoms with Gasteiger partial charge in [-0.25, -0.2) is 9.97 Å². The lowest BCUT2D eigenvalue weighted by Crippen LogP contribution is -1.98. The van der Waals surface area contributed by atoms with Crippen LogP contribution in [0, 0.1) is 20.8 Å². The average molecular weight is 228 g/mol. The number of rotatable bonds is 2. The molecule has 0 spiro atoms. The zero-order valence-corrected chi connectivity index (χ0v) is 10.4. The second-order valence-electron chi connectivity index (χ2n) is 4.27. The van der Waals surface area contributed by atoms with E-state index in [0.29, 0.717) is 5.82 Å². The van der Waals surface area contributed by atoms with Crippen molar-refractivity contribution in [3.05, 3.63) is 46.9 Å². The minimum Gasteiger partial charge on any atom is -0.388 e. The number of aliphatic hydroxyl groups excluding tert-OH is 1. The molecule has 1 aromatic carbocycles. The van der Waals surface area contributed by atoms with Gasteiger partial charge in [-0.15, -0.1) is 0 Å². The van der Waals surface area contributed by atoms with Gasteiger partial charge >= 0.3 is 0 Å². The monoisotopic (exact) mass is 228 g/mol. The zero-order valence-electron chi connectivity index (χ0n) is 10.4. The van der Waals surface area contributed by atoms with Gasteiger partial charge in [0, 0.05) is 11.3 Å². The highest BCUT2D eigenvalue weighted by molar-refractivity contribution is 5.61. The maximum atomic E-state index is 9.11. The summed E-state index contributed by atoms with van der Waals surface area (Å²) in [4.78, 5) is 8.49. The van der Waals surface area contributed by atoms with Crippen LogP contribution in [0.15, 0.2) is 24.3 Å². The van der Waals surface area contributed by atoms with Crippen LogP contribution < -0.4 is 0 Å². The first-order valence-electron chi connectivity index (χ1n) is 5.63. The van der Waals surface area contributed by atoms with Crippen LogP contribution in [0.3, 0.4) is 0 Å². The molecule has 0 bridgehead atoms. The molecule has 88 valence electrons. The van der Waals surface area contributed by atoms with E-state index in [-0.39, 0.29) is 6.61 Å². The van der Waals surface area contributed by atoms with Gasteiger partial charge in [-0.3, -0.25) is 0 Å². The molecule has 0 radical (unpaired) electrons. The highest BCUT2D eigenvalue weighted by Crippen LogP contribution is 2.21. The second kappa shape index (κ2) is 4.63. The first-order valence-corrected chi connectivity index (χ1v) is 5.63. The van der Waals surface area contributed by atoms with E-state index in [2.05, 4.69) is 35.9 Å². The molecule has 1 aromatic heterocycles. The molecule has 3 nitrogen and oxygen atoms in total. The predicted octanol–water partition coefficient (Wildman–Crippen LogP) is 2.56. The van der Waals surface area contributed by atoms with E-state index in [9.17, 15) is 0 Å². The van der Waals surface area contributed by atoms with Crippen molar-refractivity contribution in [1.82, 2.24) is 9.97 Å². The van der Waals surface area contributed by atoms with E-state index in [0.717, 1.165) is 17.0 Å². The summed E-state index contributed by atoms with van der Waals surface area (Å²) in [5.41, 5.74) is 5.31. The van der Waals surface area contributed by atoms with Crippen molar-refractivity contribution in [1.29, 1.82) is 0 Å². The molecule has 0 unspecified atom stereocenters. The summed E-state index contributed by atoms with van der Waals surface area (Å²) >= 11 is 0. The van der Waals surface area contributed by atoms with Crippen molar-refractivity contribution < 1.29 is 5.11 Å². The van der Waals surface area contributed by atoms with Gasteiger partial charge in [0.05, 0.1) is 5.69 Å². The number of benzene rings is 1. The Hall–Kier alpha value is -1.74. The molecule has 1 N–H and O–H groups in total. The van der Waals surface area contributed by atoms with Gasteiger partial charge in [0.1, 0.15) is 6.61 Å². The number of hydrogen-bond acceptors (Lipinski definition) is 3. The molecule has 0 aliphatic heterocycles. The lowest BCUT2D eigenvalue weighted by Gasteiger charge is -2.07. The van der Waals surface area contributed by atoms with Gasteiger partial charge in [0.2, 0.25) is 0 Å². The summed E-state index contributed by atoms with van der Waals surface area (Å²) in [5.74, 6) is 0.471. The molecule has 3 heteroatoms. The van der Waals surface area contributed by atoms with Gasteiger partial charge in [-0.05, 0) is 44.0 Å². The number of aromatic nitrogens is 2. The van der Waals surface area contributed by atoms with Gasteiger partial charge in [0.15, 0.2) is 5.82 Å². The molecule has 0 saturated heterocycles. The fraction of sp³-hybridized carbons (Fsp3) is 0.286. The van der Waals surface area contributed by atoms with E-state index in [4.69, 9.17) is 5.11 Å². The summed E-state index contributed by atoms with van der Waals surface area (Å²) in [7, 11) is 0. The number of hydrogen-bond donors (Lipinski definition) is 1. The smallest absolute Gasteiger partial charge is 0.154 e. The molecule has 0 fully saturated rings. The SMILES string of the molecule is Cc1cc(-c2ccc(C)c(C)c2)nc(CO)n1. The van der Waals surface area contributed by atoms with Gasteiger partial charge in [-0.1, -0.05) is 12.1 Å². The van der Waals surface area contributed by atoms with Crippen LogP contribution in [0.4, 0.5) is 0 Å². The van der Waals surface area contributed by atoms with Gasteiger partial charge in [0.25, 0.3) is 0 Å². The molecular weight excluding hydrogens is 212 g/mol. The van der Waals surface area contributed by atoms with Crippen LogP contribution in [-0.4, -0.2) is 15.1 Å². The number of aliphatic hydroxyl groups is 1. The van der Waals surface area contributed by atoms with Crippen molar-refractivity contribution in [3.8, 4) is 11.3 Å². The van der Waals surface area contributed by atoms with Crippen LogP contribution in [0.5, 0.6) is 0 Å². The summed E-state index contributed by atoms with van der Waals surface area (Å²) in [6, 6.07) is 8.17. The molecule has 0 aliphatic rings. The first kappa shape index (κ1) is 11.7. The third-order valence-electron chi connectivity index (χ3n) is 2.84. The van der Waals surface area contributed by atoms with Crippen LogP contribution in [0.25, 0.3) is 11.3 Å². The van der Waals surface area contributed by atoms with Crippen LogP contribution >= 0.6 is 0 Å². The molecule has 0 amide bonds. The Morgan fingerprint density at radius 3 is 2.41 bits per heavy atom. The van der Waals surface area contributed by atoms with Crippen molar-refractivity contribution in [2.24, 2.45) is 0 Å². The first-order chi connectivity index (χ1) is 8.10. The highest BCUT2D eigenvalue weighted by atomic mass is 16.3. The Balaban J connectivity index is 2.52. The Morgan fingerprint density at radius 1 is 1.00 bits per heavy atom. The van der Waals surface area contributed by atoms with E-state index < -0.39 is 0 Å². The third-order valence-corrected chi connectivity index (χ3v) is 2.84. The Morgan fingerprint density at radius 2 is 1.76 bits per heavy atom. The predicted molar refractivity (Wildman–Crippen MR) is 67.6 cm³/mol. The van der Waals surface area contributed by atoms with Crippen molar-refractivity contribution in [2.75, 3.05) is 0 Å². The normalized spacial score (nSPS) is 10.6. The molecule has 0 atom stereocenters. The lowest BCUT2D eigenvalue weighted by atomic mass is 10.0. The van der Waals surface area contributed by atoms with E-state index in [1.54, 1.807) is 0 Å². The van der Waals surface area contributed by atoms with Gasteiger partial charge in [-0.2, -0.15) is 0 Å². The minimum atomic E-state index is -0.125. The van der Waals surface area contributed by atoms with E-state index >= 15 is 0 Å². The molecule has 0 saturated carbocycles. The molecule has 2 aromatic rings. The van der Waals surface area contributed by atoms with Crippen molar-refractivity contribution in [3.63, 3.8) is 0 Å². The summed E-state index contributed by atoms with van der Waals surface area (Å²) in [5, 5.41) is 9.11. The number of nitrogens with zero attached hydrogens (tertiary/aromatic N) is 2. The van der Waals surface area contributed by atoms with Crippen LogP contribution in [-0.2, 0) is 6.61 Å². The van der Waals surface area contributed by atoms with E-state index in [1.165, 1.54) is 11.1 Å². The highest BCUT2D eigenvalue weighted by Gasteiger charge is 2.05. The second-order valence-corrected chi connectivity index (χ2v) is 4.27. The van der Waals surface area contributed by atoms with Crippen LogP contribution in [0.2, 0.25) is 0 Å². The molecule has 1 heterocycles. The number of aryl methyl sites for hydroxylation is 3. The lowest BCUT2D eigenvalue weighted by molar-refractivity contribution is 0.271. The Kier molecular flexibility index (Phi) is 3.20. The standard InChI is InChI=1S/C14H16N2O/c1-9-4-5-12(6-10(9)2)13-7-11(3)15-14(8-17)16-13/h4-7,17H,8H2,1-3H3. The maximum absolute atomic E-state index is 9.11. The van der Waals surface area contributed by atoms with Crippen molar-refractivity contribution in [2.45, 2.75) is 27.4 Å². The quantitative estimate of drug-likeness (QED) is 0.859. The maximum Gasteiger partial charge on any atom is 0.154 e. The Labute approximate surface area is 101 Å². The molecule has 17 heavy (non-hydrogen) atoms. The van der Waals surface area contributed by atoms with Crippen molar-refractivity contribution >= 4 is 0 Å². The summed E-state index contributed by atoms with van der Waals surface area (Å²) in [6.07, 6.45) is 0. The Bertz CT molecular complexity index is 550. The molecule has 2 rings (SSSR count). The molecule has 0 aliphatic carbocycles. The topological polar surface area (TPSA) is 46.0 Å². The third kappa shape index (κ3) is 2.50.